The van der Waals surface area contributed by atoms with Gasteiger partial charge < -0.3 is 9.47 Å². The maximum atomic E-state index is 11.9. The predicted molar refractivity (Wildman–Crippen MR) is 67.7 cm³/mol. The van der Waals surface area contributed by atoms with E-state index >= 15 is 0 Å². The Kier molecular flexibility index (Phi) is 6.19. The van der Waals surface area contributed by atoms with E-state index in [4.69, 9.17) is 21.1 Å². The van der Waals surface area contributed by atoms with Crippen LogP contribution < -0.4 is 0 Å². The van der Waals surface area contributed by atoms with Crippen molar-refractivity contribution < 1.29 is 14.3 Å². The van der Waals surface area contributed by atoms with Crippen LogP contribution in [0, 0.1) is 0 Å². The molecular weight excluding hydrogens is 240 g/mol. The zero-order valence-electron chi connectivity index (χ0n) is 10.1. The van der Waals surface area contributed by atoms with Crippen LogP contribution in [0.1, 0.15) is 23.7 Å². The molecule has 3 nitrogen and oxygen atoms in total. The van der Waals surface area contributed by atoms with Gasteiger partial charge in [-0.2, -0.15) is 0 Å². The van der Waals surface area contributed by atoms with Crippen LogP contribution in [0.15, 0.2) is 24.3 Å². The maximum Gasteiger partial charge on any atom is 0.191 e. The number of ether oxygens (including phenoxy) is 2. The fraction of sp³-hybridized carbons (Fsp3) is 0.462. The number of ketones is 1. The molecule has 0 N–H and O–H groups in total. The Labute approximate surface area is 107 Å². The fourth-order valence-corrected chi connectivity index (χ4v) is 1.61. The molecule has 0 saturated heterocycles. The second kappa shape index (κ2) is 7.43. The lowest BCUT2D eigenvalue weighted by molar-refractivity contribution is 0.0404. The van der Waals surface area contributed by atoms with Crippen LogP contribution >= 0.6 is 11.6 Å². The molecule has 0 aliphatic carbocycles. The lowest BCUT2D eigenvalue weighted by Crippen LogP contribution is -2.21. The Hall–Kier alpha value is -0.900. The second-order valence-electron chi connectivity index (χ2n) is 3.73. The average molecular weight is 257 g/mol. The zero-order valence-corrected chi connectivity index (χ0v) is 10.9. The highest BCUT2D eigenvalue weighted by Gasteiger charge is 2.15. The van der Waals surface area contributed by atoms with Crippen LogP contribution in [0.5, 0.6) is 0 Å². The molecule has 0 bridgehead atoms. The molecule has 0 saturated carbocycles. The minimum atomic E-state index is -0.453. The van der Waals surface area contributed by atoms with Crippen molar-refractivity contribution in [3.63, 3.8) is 0 Å². The molecule has 1 aromatic carbocycles. The molecule has 0 spiro atoms. The predicted octanol–water partition coefficient (Wildman–Crippen LogP) is 2.96. The monoisotopic (exact) mass is 256 g/mol. The van der Waals surface area contributed by atoms with E-state index in [1.165, 1.54) is 0 Å². The molecular formula is C13H17ClO3. The number of hydrogen-bond donors (Lipinski definition) is 0. The van der Waals surface area contributed by atoms with E-state index in [-0.39, 0.29) is 5.78 Å². The summed E-state index contributed by atoms with van der Waals surface area (Å²) in [6, 6.07) is 6.89. The van der Waals surface area contributed by atoms with Crippen molar-refractivity contribution in [2.45, 2.75) is 19.4 Å². The second-order valence-corrected chi connectivity index (χ2v) is 4.17. The van der Waals surface area contributed by atoms with Gasteiger partial charge in [0.05, 0.1) is 0 Å². The number of carbonyl (C=O) groups is 1. The molecule has 1 unspecified atom stereocenters. The van der Waals surface area contributed by atoms with E-state index in [1.807, 2.05) is 0 Å². The normalized spacial score (nSPS) is 12.4. The summed E-state index contributed by atoms with van der Waals surface area (Å²) in [7, 11) is 1.64. The number of halogens is 1. The Morgan fingerprint density at radius 3 is 2.82 bits per heavy atom. The van der Waals surface area contributed by atoms with Crippen LogP contribution in [-0.4, -0.2) is 32.2 Å². The van der Waals surface area contributed by atoms with Gasteiger partial charge in [-0.05, 0) is 25.5 Å². The Bertz CT molecular complexity index is 365. The lowest BCUT2D eigenvalue weighted by atomic mass is 10.1. The van der Waals surface area contributed by atoms with Gasteiger partial charge in [0.25, 0.3) is 0 Å². The quantitative estimate of drug-likeness (QED) is 0.556. The minimum Gasteiger partial charge on any atom is -0.385 e. The number of carbonyl (C=O) groups excluding carboxylic acids is 1. The van der Waals surface area contributed by atoms with Crippen molar-refractivity contribution in [1.29, 1.82) is 0 Å². The van der Waals surface area contributed by atoms with Gasteiger partial charge >= 0.3 is 0 Å². The molecule has 0 aromatic heterocycles. The van der Waals surface area contributed by atoms with E-state index in [0.29, 0.717) is 23.8 Å². The lowest BCUT2D eigenvalue weighted by Gasteiger charge is -2.12. The standard InChI is InChI=1S/C13H17ClO3/c1-10(17-8-4-7-16-2)13(15)11-5-3-6-12(14)9-11/h3,5-6,9-10H,4,7-8H2,1-2H3. The molecule has 1 rings (SSSR count). The van der Waals surface area contributed by atoms with Gasteiger partial charge in [0.1, 0.15) is 6.10 Å². The van der Waals surface area contributed by atoms with Crippen LogP contribution in [0.25, 0.3) is 0 Å². The van der Waals surface area contributed by atoms with Crippen LogP contribution in [0.2, 0.25) is 5.02 Å². The summed E-state index contributed by atoms with van der Waals surface area (Å²) in [6.07, 6.45) is 0.328. The van der Waals surface area contributed by atoms with Crippen molar-refractivity contribution in [3.8, 4) is 0 Å². The molecule has 94 valence electrons. The third kappa shape index (κ3) is 4.86. The number of hydrogen-bond acceptors (Lipinski definition) is 3. The van der Waals surface area contributed by atoms with E-state index in [0.717, 1.165) is 6.42 Å². The molecule has 0 aliphatic rings. The van der Waals surface area contributed by atoms with Gasteiger partial charge in [-0.1, -0.05) is 23.7 Å². The SMILES string of the molecule is COCCCOC(C)C(=O)c1cccc(Cl)c1. The first-order chi connectivity index (χ1) is 8.15. The number of methoxy groups -OCH3 is 1. The van der Waals surface area contributed by atoms with E-state index in [1.54, 1.807) is 38.3 Å². The number of Topliss-reactive ketones (excluding diaryl/α,β-unsaturated/α-hetero) is 1. The van der Waals surface area contributed by atoms with Crippen molar-refractivity contribution in [1.82, 2.24) is 0 Å². The van der Waals surface area contributed by atoms with Crippen LogP contribution in [0.4, 0.5) is 0 Å². The molecule has 0 amide bonds. The first kappa shape index (κ1) is 14.2. The maximum absolute atomic E-state index is 11.9. The number of benzene rings is 1. The number of rotatable bonds is 7. The minimum absolute atomic E-state index is 0.0510. The highest BCUT2D eigenvalue weighted by Crippen LogP contribution is 2.13. The first-order valence-electron chi connectivity index (χ1n) is 5.55. The third-order valence-corrected chi connectivity index (χ3v) is 2.57. The highest BCUT2D eigenvalue weighted by molar-refractivity contribution is 6.31. The van der Waals surface area contributed by atoms with Gasteiger partial charge in [-0.25, -0.2) is 0 Å². The topological polar surface area (TPSA) is 35.5 Å². The molecule has 17 heavy (non-hydrogen) atoms. The molecule has 1 atom stereocenters. The summed E-state index contributed by atoms with van der Waals surface area (Å²) in [5, 5.41) is 0.558. The molecule has 4 heteroatoms. The van der Waals surface area contributed by atoms with Crippen molar-refractivity contribution >= 4 is 17.4 Å². The van der Waals surface area contributed by atoms with E-state index in [9.17, 15) is 4.79 Å². The molecule has 0 aliphatic heterocycles. The van der Waals surface area contributed by atoms with Crippen LogP contribution in [0.3, 0.4) is 0 Å². The Morgan fingerprint density at radius 2 is 2.18 bits per heavy atom. The van der Waals surface area contributed by atoms with Gasteiger partial charge in [0.2, 0.25) is 0 Å². The molecule has 0 fully saturated rings. The summed E-state index contributed by atoms with van der Waals surface area (Å²) in [5.74, 6) is -0.0510. The molecule has 1 aromatic rings. The van der Waals surface area contributed by atoms with Crippen molar-refractivity contribution in [2.24, 2.45) is 0 Å². The summed E-state index contributed by atoms with van der Waals surface area (Å²) >= 11 is 5.83. The fourth-order valence-electron chi connectivity index (χ4n) is 1.42. The highest BCUT2D eigenvalue weighted by atomic mass is 35.5. The largest absolute Gasteiger partial charge is 0.385 e. The smallest absolute Gasteiger partial charge is 0.191 e. The van der Waals surface area contributed by atoms with E-state index in [2.05, 4.69) is 0 Å². The van der Waals surface area contributed by atoms with Gasteiger partial charge in [0.15, 0.2) is 5.78 Å². The molecule has 0 heterocycles. The summed E-state index contributed by atoms with van der Waals surface area (Å²) in [4.78, 5) is 11.9. The van der Waals surface area contributed by atoms with Crippen molar-refractivity contribution in [3.05, 3.63) is 34.9 Å². The van der Waals surface area contributed by atoms with E-state index < -0.39 is 6.10 Å². The van der Waals surface area contributed by atoms with Gasteiger partial charge in [0, 0.05) is 30.9 Å². The van der Waals surface area contributed by atoms with Crippen LogP contribution in [-0.2, 0) is 9.47 Å². The van der Waals surface area contributed by atoms with Gasteiger partial charge in [-0.15, -0.1) is 0 Å². The third-order valence-electron chi connectivity index (χ3n) is 2.34. The first-order valence-corrected chi connectivity index (χ1v) is 5.93. The summed E-state index contributed by atoms with van der Waals surface area (Å²) in [5.41, 5.74) is 0.580. The molecule has 0 radical (unpaired) electrons. The summed E-state index contributed by atoms with van der Waals surface area (Å²) in [6.45, 7) is 2.90. The van der Waals surface area contributed by atoms with Gasteiger partial charge in [-0.3, -0.25) is 4.79 Å². The summed E-state index contributed by atoms with van der Waals surface area (Å²) < 4.78 is 10.3. The van der Waals surface area contributed by atoms with Crippen molar-refractivity contribution in [2.75, 3.05) is 20.3 Å². The Morgan fingerprint density at radius 1 is 1.41 bits per heavy atom. The zero-order chi connectivity index (χ0) is 12.7. The average Bonchev–Trinajstić information content (AvgIpc) is 2.33. The Balaban J connectivity index is 2.46.